The van der Waals surface area contributed by atoms with Gasteiger partial charge in [-0.3, -0.25) is 19.3 Å². The molecule has 3 aliphatic rings. The lowest BCUT2D eigenvalue weighted by Gasteiger charge is -2.28. The van der Waals surface area contributed by atoms with Gasteiger partial charge in [0.1, 0.15) is 6.54 Å². The predicted octanol–water partition coefficient (Wildman–Crippen LogP) is 2.84. The summed E-state index contributed by atoms with van der Waals surface area (Å²) in [6.45, 7) is -0.293. The van der Waals surface area contributed by atoms with E-state index in [1.807, 2.05) is 18.2 Å². The molecule has 7 nitrogen and oxygen atoms in total. The van der Waals surface area contributed by atoms with Crippen molar-refractivity contribution in [3.8, 4) is 0 Å². The van der Waals surface area contributed by atoms with Gasteiger partial charge in [-0.15, -0.1) is 0 Å². The highest BCUT2D eigenvalue weighted by Crippen LogP contribution is 2.61. The largest absolute Gasteiger partial charge is 0.465 e. The number of hydrogen-bond acceptors (Lipinski definition) is 5. The molecule has 5 rings (SSSR count). The number of methoxy groups -OCH3 is 1. The van der Waals surface area contributed by atoms with Gasteiger partial charge in [-0.1, -0.05) is 30.3 Å². The van der Waals surface area contributed by atoms with Crippen LogP contribution in [-0.4, -0.2) is 42.2 Å². The van der Waals surface area contributed by atoms with Crippen LogP contribution in [0.3, 0.4) is 0 Å². The molecule has 2 saturated carbocycles. The number of rotatable bonds is 5. The second-order valence-electron chi connectivity index (χ2n) is 8.84. The Morgan fingerprint density at radius 2 is 1.66 bits per heavy atom. The lowest BCUT2D eigenvalue weighted by atomic mass is 9.73. The number of nitrogens with one attached hydrogen (secondary N) is 1. The van der Waals surface area contributed by atoms with Gasteiger partial charge in [0.2, 0.25) is 17.7 Å². The average Bonchev–Trinajstić information content (AvgIpc) is 3.47. The normalized spacial score (nSPS) is 28.0. The highest BCUT2D eigenvalue weighted by atomic mass is 16.5. The lowest BCUT2D eigenvalue weighted by Crippen LogP contribution is -2.39. The molecule has 3 fully saturated rings. The molecule has 0 spiro atoms. The summed E-state index contributed by atoms with van der Waals surface area (Å²) in [5, 5.41) is 2.70. The molecule has 2 bridgehead atoms. The van der Waals surface area contributed by atoms with Crippen molar-refractivity contribution >= 4 is 29.4 Å². The number of carbonyl (C=O) groups is 4. The number of ether oxygens (including phenoxy) is 1. The van der Waals surface area contributed by atoms with E-state index < -0.39 is 11.9 Å². The summed E-state index contributed by atoms with van der Waals surface area (Å²) in [7, 11) is 1.30. The van der Waals surface area contributed by atoms with E-state index in [1.54, 1.807) is 24.3 Å². The molecule has 2 aliphatic carbocycles. The first-order chi connectivity index (χ1) is 15.5. The number of fused-ring (bicyclic) bond motifs is 5. The van der Waals surface area contributed by atoms with Crippen LogP contribution < -0.4 is 5.32 Å². The minimum atomic E-state index is -0.467. The Morgan fingerprint density at radius 1 is 0.969 bits per heavy atom. The first-order valence-corrected chi connectivity index (χ1v) is 10.9. The Balaban J connectivity index is 1.26. The Bertz CT molecular complexity index is 1080. The first kappa shape index (κ1) is 20.4. The van der Waals surface area contributed by atoms with Crippen molar-refractivity contribution < 1.29 is 23.9 Å². The van der Waals surface area contributed by atoms with Gasteiger partial charge in [0.25, 0.3) is 0 Å². The van der Waals surface area contributed by atoms with Crippen LogP contribution in [0, 0.1) is 23.7 Å². The van der Waals surface area contributed by atoms with E-state index in [0.29, 0.717) is 17.2 Å². The molecular weight excluding hydrogens is 408 g/mol. The standard InChI is InChI=1S/C25H24N2O5/c1-32-25(31)15-7-9-17(10-8-15)26-20(28)13-27-23(29)21-16-11-18(14-5-3-2-4-6-14)19(12-16)22(21)24(27)30/h2-10,16,18-19,21-22H,11-13H2,1H3,(H,26,28). The van der Waals surface area contributed by atoms with Crippen molar-refractivity contribution in [2.24, 2.45) is 23.7 Å². The Kier molecular flexibility index (Phi) is 5.04. The van der Waals surface area contributed by atoms with E-state index in [0.717, 1.165) is 17.7 Å². The van der Waals surface area contributed by atoms with Crippen LogP contribution in [0.25, 0.3) is 0 Å². The number of hydrogen-bond donors (Lipinski definition) is 1. The first-order valence-electron chi connectivity index (χ1n) is 10.9. The molecule has 2 aromatic rings. The summed E-state index contributed by atoms with van der Waals surface area (Å²) in [4.78, 5) is 51.5. The number of imide groups is 1. The number of amides is 3. The Labute approximate surface area is 185 Å². The van der Waals surface area contributed by atoms with E-state index in [1.165, 1.54) is 12.7 Å². The van der Waals surface area contributed by atoms with Crippen molar-refractivity contribution in [1.82, 2.24) is 4.90 Å². The van der Waals surface area contributed by atoms with Gasteiger partial charge in [-0.2, -0.15) is 0 Å². The minimum Gasteiger partial charge on any atom is -0.465 e. The SMILES string of the molecule is COC(=O)c1ccc(NC(=O)CN2C(=O)C3C4CC(c5ccccc5)C(C4)C3C2=O)cc1. The van der Waals surface area contributed by atoms with Crippen molar-refractivity contribution in [3.63, 3.8) is 0 Å². The number of benzene rings is 2. The van der Waals surface area contributed by atoms with Crippen LogP contribution in [-0.2, 0) is 19.1 Å². The van der Waals surface area contributed by atoms with E-state index in [-0.39, 0.29) is 42.0 Å². The zero-order chi connectivity index (χ0) is 22.4. The number of likely N-dealkylation sites (tertiary alicyclic amines) is 1. The zero-order valence-electron chi connectivity index (χ0n) is 17.7. The van der Waals surface area contributed by atoms with E-state index in [2.05, 4.69) is 22.2 Å². The summed E-state index contributed by atoms with van der Waals surface area (Å²) >= 11 is 0. The molecule has 0 radical (unpaired) electrons. The fraction of sp³-hybridized carbons (Fsp3) is 0.360. The predicted molar refractivity (Wildman–Crippen MR) is 116 cm³/mol. The molecule has 1 N–H and O–H groups in total. The third-order valence-corrected chi connectivity index (χ3v) is 7.23. The van der Waals surface area contributed by atoms with Crippen molar-refractivity contribution in [1.29, 1.82) is 0 Å². The third kappa shape index (κ3) is 3.28. The highest BCUT2D eigenvalue weighted by molar-refractivity contribution is 6.09. The maximum absolute atomic E-state index is 13.2. The van der Waals surface area contributed by atoms with E-state index in [9.17, 15) is 19.2 Å². The van der Waals surface area contributed by atoms with Gasteiger partial charge >= 0.3 is 5.97 Å². The number of carbonyl (C=O) groups excluding carboxylic acids is 4. The highest BCUT2D eigenvalue weighted by Gasteiger charge is 2.63. The summed E-state index contributed by atoms with van der Waals surface area (Å²) in [6, 6.07) is 16.4. The second kappa shape index (κ2) is 7.89. The van der Waals surface area contributed by atoms with Crippen LogP contribution >= 0.6 is 0 Å². The molecule has 2 aromatic carbocycles. The van der Waals surface area contributed by atoms with E-state index in [4.69, 9.17) is 0 Å². The maximum atomic E-state index is 13.2. The minimum absolute atomic E-state index is 0.155. The van der Waals surface area contributed by atoms with Gasteiger partial charge in [0.15, 0.2) is 0 Å². The zero-order valence-corrected chi connectivity index (χ0v) is 17.7. The van der Waals surface area contributed by atoms with Crippen LogP contribution in [0.1, 0.15) is 34.7 Å². The summed E-state index contributed by atoms with van der Waals surface area (Å²) in [6.07, 6.45) is 1.82. The molecule has 164 valence electrons. The molecule has 32 heavy (non-hydrogen) atoms. The Hall–Kier alpha value is -3.48. The molecular formula is C25H24N2O5. The van der Waals surface area contributed by atoms with Gasteiger partial charge in [-0.25, -0.2) is 4.79 Å². The van der Waals surface area contributed by atoms with Crippen molar-refractivity contribution in [3.05, 3.63) is 65.7 Å². The van der Waals surface area contributed by atoms with Crippen LogP contribution in [0.4, 0.5) is 5.69 Å². The van der Waals surface area contributed by atoms with Gasteiger partial charge < -0.3 is 10.1 Å². The lowest BCUT2D eigenvalue weighted by molar-refractivity contribution is -0.143. The fourth-order valence-corrected chi connectivity index (χ4v) is 5.91. The average molecular weight is 432 g/mol. The molecule has 1 saturated heterocycles. The fourth-order valence-electron chi connectivity index (χ4n) is 5.91. The molecule has 5 unspecified atom stereocenters. The molecule has 5 atom stereocenters. The number of nitrogens with zero attached hydrogens (tertiary/aromatic N) is 1. The molecule has 1 aliphatic heterocycles. The third-order valence-electron chi connectivity index (χ3n) is 7.23. The summed E-state index contributed by atoms with van der Waals surface area (Å²) < 4.78 is 4.66. The topological polar surface area (TPSA) is 92.8 Å². The second-order valence-corrected chi connectivity index (χ2v) is 8.84. The summed E-state index contributed by atoms with van der Waals surface area (Å²) in [5.41, 5.74) is 2.07. The van der Waals surface area contributed by atoms with Gasteiger partial charge in [-0.05, 0) is 60.4 Å². The van der Waals surface area contributed by atoms with Crippen molar-refractivity contribution in [2.75, 3.05) is 19.0 Å². The Morgan fingerprint density at radius 3 is 2.34 bits per heavy atom. The van der Waals surface area contributed by atoms with Crippen LogP contribution in [0.5, 0.6) is 0 Å². The quantitative estimate of drug-likeness (QED) is 0.579. The van der Waals surface area contributed by atoms with Crippen molar-refractivity contribution in [2.45, 2.75) is 18.8 Å². The smallest absolute Gasteiger partial charge is 0.337 e. The molecule has 0 aromatic heterocycles. The van der Waals surface area contributed by atoms with Crippen LogP contribution in [0.15, 0.2) is 54.6 Å². The number of anilines is 1. The maximum Gasteiger partial charge on any atom is 0.337 e. The number of esters is 1. The van der Waals surface area contributed by atoms with Gasteiger partial charge in [0, 0.05) is 5.69 Å². The molecule has 7 heteroatoms. The molecule has 1 heterocycles. The monoisotopic (exact) mass is 432 g/mol. The van der Waals surface area contributed by atoms with Gasteiger partial charge in [0.05, 0.1) is 24.5 Å². The van der Waals surface area contributed by atoms with Crippen LogP contribution in [0.2, 0.25) is 0 Å². The van der Waals surface area contributed by atoms with E-state index >= 15 is 0 Å². The summed E-state index contributed by atoms with van der Waals surface area (Å²) in [5.74, 6) is -1.30. The molecule has 3 amide bonds.